The van der Waals surface area contributed by atoms with Crippen LogP contribution in [0.4, 0.5) is 0 Å². The second-order valence-electron chi connectivity index (χ2n) is 14.8. The van der Waals surface area contributed by atoms with E-state index in [4.69, 9.17) is 11.5 Å². The van der Waals surface area contributed by atoms with Gasteiger partial charge in [-0.25, -0.2) is 0 Å². The van der Waals surface area contributed by atoms with E-state index in [-0.39, 0.29) is 11.8 Å². The van der Waals surface area contributed by atoms with Crippen LogP contribution in [-0.2, 0) is 9.59 Å². The van der Waals surface area contributed by atoms with E-state index in [0.29, 0.717) is 12.8 Å². The lowest BCUT2D eigenvalue weighted by molar-refractivity contribution is -0.119. The molecule has 4 nitrogen and oxygen atoms in total. The molecule has 2 amide bonds. The Bertz CT molecular complexity index is 672. The smallest absolute Gasteiger partial charge is 0.217 e. The first-order valence-corrected chi connectivity index (χ1v) is 22.4. The monoisotopic (exact) mass is 717 g/mol. The molecule has 0 aromatic heterocycles. The van der Waals surface area contributed by atoms with Crippen LogP contribution in [0.3, 0.4) is 0 Å². The first kappa shape index (κ1) is 53.5. The van der Waals surface area contributed by atoms with Gasteiger partial charge in [0.2, 0.25) is 11.8 Å². The molecule has 51 heavy (non-hydrogen) atoms. The molecule has 0 saturated heterocycles. The van der Waals surface area contributed by atoms with Gasteiger partial charge in [0.25, 0.3) is 0 Å². The van der Waals surface area contributed by atoms with Crippen molar-refractivity contribution in [2.75, 3.05) is 0 Å². The third-order valence-electron chi connectivity index (χ3n) is 9.37. The zero-order valence-electron chi connectivity index (χ0n) is 35.0. The molecule has 0 aliphatic carbocycles. The first-order chi connectivity index (χ1) is 25.0. The number of hydrogen-bond acceptors (Lipinski definition) is 2. The minimum atomic E-state index is -0.156. The van der Waals surface area contributed by atoms with E-state index < -0.39 is 0 Å². The van der Waals surface area contributed by atoms with Crippen molar-refractivity contribution >= 4 is 11.8 Å². The molecular formula is C47H92N2O2. The number of unbranched alkanes of at least 4 members (excludes halogenated alkanes) is 30. The Morgan fingerprint density at radius 2 is 0.549 bits per heavy atom. The fraction of sp³-hybridized carbons (Fsp3) is 0.830. The lowest BCUT2D eigenvalue weighted by Gasteiger charge is -2.01. The summed E-state index contributed by atoms with van der Waals surface area (Å²) in [5.41, 5.74) is 10.3. The van der Waals surface area contributed by atoms with Crippen molar-refractivity contribution in [3.05, 3.63) is 37.0 Å². The van der Waals surface area contributed by atoms with Crippen molar-refractivity contribution in [2.45, 2.75) is 252 Å². The second-order valence-corrected chi connectivity index (χ2v) is 14.8. The fourth-order valence-electron chi connectivity index (χ4n) is 6.15. The fourth-order valence-corrected chi connectivity index (χ4v) is 6.15. The number of carbonyl (C=O) groups excluding carboxylic acids is 2. The highest BCUT2D eigenvalue weighted by Crippen LogP contribution is 2.14. The van der Waals surface area contributed by atoms with Crippen molar-refractivity contribution in [2.24, 2.45) is 11.5 Å². The Hall–Kier alpha value is -1.84. The zero-order chi connectivity index (χ0) is 38.1. The predicted molar refractivity (Wildman–Crippen MR) is 230 cm³/mol. The average molecular weight is 717 g/mol. The molecule has 302 valence electrons. The van der Waals surface area contributed by atoms with E-state index in [2.05, 4.69) is 44.7 Å². The van der Waals surface area contributed by atoms with Gasteiger partial charge < -0.3 is 11.5 Å². The molecule has 0 radical (unpaired) electrons. The lowest BCUT2D eigenvalue weighted by Crippen LogP contribution is -2.09. The molecule has 0 rings (SSSR count). The van der Waals surface area contributed by atoms with Gasteiger partial charge in [-0.15, -0.1) is 6.58 Å². The number of carbonyl (C=O) groups is 2. The van der Waals surface area contributed by atoms with E-state index in [9.17, 15) is 9.59 Å². The Morgan fingerprint density at radius 1 is 0.373 bits per heavy atom. The van der Waals surface area contributed by atoms with E-state index in [1.165, 1.54) is 193 Å². The molecular weight excluding hydrogens is 625 g/mol. The van der Waals surface area contributed by atoms with E-state index in [1.54, 1.807) is 6.08 Å². The highest BCUT2D eigenvalue weighted by Gasteiger charge is 1.97. The topological polar surface area (TPSA) is 86.2 Å². The molecule has 4 heteroatoms. The van der Waals surface area contributed by atoms with Crippen LogP contribution in [0.1, 0.15) is 252 Å². The highest BCUT2D eigenvalue weighted by molar-refractivity contribution is 5.73. The predicted octanol–water partition coefficient (Wildman–Crippen LogP) is 15.3. The van der Waals surface area contributed by atoms with Crippen LogP contribution >= 0.6 is 0 Å². The standard InChI is InChI=1S/2C22H43NO.C3H6/c2*1-2-3-4-5-6-7-8-9-10-11-12-13-14-15-16-17-18-19-20-21-22(23)24;1-3-2/h2*9-10H,2-8,11-21H2,1H3,(H2,23,24);3H,1H2,2H3/b2*10-9-;. The summed E-state index contributed by atoms with van der Waals surface area (Å²) in [7, 11) is 0. The molecule has 0 spiro atoms. The van der Waals surface area contributed by atoms with E-state index >= 15 is 0 Å². The summed E-state index contributed by atoms with van der Waals surface area (Å²) in [4.78, 5) is 21.2. The van der Waals surface area contributed by atoms with Gasteiger partial charge in [0.15, 0.2) is 0 Å². The van der Waals surface area contributed by atoms with E-state index in [0.717, 1.165) is 25.7 Å². The highest BCUT2D eigenvalue weighted by atomic mass is 16.1. The molecule has 0 fully saturated rings. The van der Waals surface area contributed by atoms with Crippen molar-refractivity contribution in [1.29, 1.82) is 0 Å². The first-order valence-electron chi connectivity index (χ1n) is 22.4. The van der Waals surface area contributed by atoms with Gasteiger partial charge in [-0.1, -0.05) is 198 Å². The van der Waals surface area contributed by atoms with Crippen LogP contribution in [-0.4, -0.2) is 11.8 Å². The molecule has 0 saturated carbocycles. The molecule has 0 aromatic carbocycles. The van der Waals surface area contributed by atoms with Crippen molar-refractivity contribution in [3.63, 3.8) is 0 Å². The summed E-state index contributed by atoms with van der Waals surface area (Å²) in [6, 6.07) is 0. The van der Waals surface area contributed by atoms with Crippen LogP contribution in [0.25, 0.3) is 0 Å². The molecule has 0 unspecified atom stereocenters. The van der Waals surface area contributed by atoms with Gasteiger partial charge in [0.1, 0.15) is 0 Å². The van der Waals surface area contributed by atoms with Crippen molar-refractivity contribution in [3.8, 4) is 0 Å². The van der Waals surface area contributed by atoms with Gasteiger partial charge in [-0.2, -0.15) is 0 Å². The molecule has 0 atom stereocenters. The third kappa shape index (κ3) is 63.6. The quantitative estimate of drug-likeness (QED) is 0.0492. The number of nitrogens with two attached hydrogens (primary N) is 2. The van der Waals surface area contributed by atoms with Crippen LogP contribution in [0.15, 0.2) is 37.0 Å². The van der Waals surface area contributed by atoms with Gasteiger partial charge >= 0.3 is 0 Å². The maximum Gasteiger partial charge on any atom is 0.217 e. The van der Waals surface area contributed by atoms with Crippen molar-refractivity contribution in [1.82, 2.24) is 0 Å². The molecule has 0 bridgehead atoms. The van der Waals surface area contributed by atoms with Gasteiger partial charge in [-0.3, -0.25) is 9.59 Å². The molecule has 4 N–H and O–H groups in total. The van der Waals surface area contributed by atoms with Gasteiger partial charge in [-0.05, 0) is 71.1 Å². The number of hydrogen-bond donors (Lipinski definition) is 2. The number of allylic oxidation sites excluding steroid dienone is 5. The van der Waals surface area contributed by atoms with Gasteiger partial charge in [0.05, 0.1) is 0 Å². The molecule has 0 aromatic rings. The Kier molecular flexibility index (Phi) is 55.1. The van der Waals surface area contributed by atoms with Crippen LogP contribution in [0, 0.1) is 0 Å². The molecule has 0 heterocycles. The summed E-state index contributed by atoms with van der Waals surface area (Å²) in [6.45, 7) is 9.80. The zero-order valence-corrected chi connectivity index (χ0v) is 35.0. The Labute approximate surface area is 320 Å². The summed E-state index contributed by atoms with van der Waals surface area (Å²) in [5, 5.41) is 0. The summed E-state index contributed by atoms with van der Waals surface area (Å²) < 4.78 is 0. The van der Waals surface area contributed by atoms with Crippen molar-refractivity contribution < 1.29 is 9.59 Å². The summed E-state index contributed by atoms with van der Waals surface area (Å²) in [6.07, 6.45) is 57.4. The summed E-state index contributed by atoms with van der Waals surface area (Å²) >= 11 is 0. The Morgan fingerprint density at radius 3 is 0.745 bits per heavy atom. The largest absolute Gasteiger partial charge is 0.370 e. The van der Waals surface area contributed by atoms with E-state index in [1.807, 2.05) is 6.92 Å². The maximum absolute atomic E-state index is 10.6. The van der Waals surface area contributed by atoms with Crippen LogP contribution < -0.4 is 11.5 Å². The number of rotatable bonds is 38. The lowest BCUT2D eigenvalue weighted by atomic mass is 10.1. The number of amides is 2. The Balaban J connectivity index is -0.000000838. The average Bonchev–Trinajstić information content (AvgIpc) is 3.10. The molecule has 0 aliphatic rings. The number of primary amides is 2. The summed E-state index contributed by atoms with van der Waals surface area (Å²) in [5.74, 6) is -0.313. The normalized spacial score (nSPS) is 11.0. The minimum Gasteiger partial charge on any atom is -0.370 e. The van der Waals surface area contributed by atoms with Crippen LogP contribution in [0.5, 0.6) is 0 Å². The molecule has 0 aliphatic heterocycles. The third-order valence-corrected chi connectivity index (χ3v) is 9.37. The van der Waals surface area contributed by atoms with Gasteiger partial charge in [0, 0.05) is 12.8 Å². The second kappa shape index (κ2) is 52.5. The van der Waals surface area contributed by atoms with Crippen LogP contribution in [0.2, 0.25) is 0 Å². The minimum absolute atomic E-state index is 0.156. The maximum atomic E-state index is 10.6. The SMILES string of the molecule is C=CC.CCCCCCCC/C=C\CCCCCCCCCCCC(N)=O.CCCCCCCC/C=C\CCCCCCCCCCCC(N)=O.